The van der Waals surface area contributed by atoms with E-state index < -0.39 is 5.54 Å². The van der Waals surface area contributed by atoms with Crippen LogP contribution in [0.1, 0.15) is 40.0 Å². The Morgan fingerprint density at radius 2 is 1.84 bits per heavy atom. The third-order valence-corrected chi connectivity index (χ3v) is 4.44. The summed E-state index contributed by atoms with van der Waals surface area (Å²) in [5.74, 6) is -0.0792. The van der Waals surface area contributed by atoms with Gasteiger partial charge in [-0.05, 0) is 33.1 Å². The number of amides is 3. The van der Waals surface area contributed by atoms with E-state index in [-0.39, 0.29) is 11.9 Å². The summed E-state index contributed by atoms with van der Waals surface area (Å²) in [6, 6.07) is -0.141. The van der Waals surface area contributed by atoms with Crippen LogP contribution in [-0.4, -0.2) is 50.5 Å². The van der Waals surface area contributed by atoms with Crippen LogP contribution in [-0.2, 0) is 4.79 Å². The molecule has 1 saturated heterocycles. The highest BCUT2D eigenvalue weighted by molar-refractivity contribution is 9.09. The fourth-order valence-electron chi connectivity index (χ4n) is 2.16. The van der Waals surface area contributed by atoms with Crippen LogP contribution in [0.15, 0.2) is 0 Å². The van der Waals surface area contributed by atoms with Gasteiger partial charge in [-0.2, -0.15) is 0 Å². The summed E-state index contributed by atoms with van der Waals surface area (Å²) in [7, 11) is 0. The van der Waals surface area contributed by atoms with Gasteiger partial charge in [-0.15, -0.1) is 0 Å². The maximum absolute atomic E-state index is 12.3. The van der Waals surface area contributed by atoms with Gasteiger partial charge in [-0.3, -0.25) is 9.69 Å². The molecule has 1 atom stereocenters. The average Bonchev–Trinajstić information content (AvgIpc) is 2.48. The Morgan fingerprint density at radius 1 is 1.21 bits per heavy atom. The summed E-state index contributed by atoms with van der Waals surface area (Å²) < 4.78 is 0. The molecule has 3 amide bonds. The lowest BCUT2D eigenvalue weighted by Crippen LogP contribution is -2.44. The van der Waals surface area contributed by atoms with Gasteiger partial charge in [0.1, 0.15) is 5.54 Å². The van der Waals surface area contributed by atoms with Crippen LogP contribution < -0.4 is 0 Å². The Kier molecular flexibility index (Phi) is 6.30. The minimum Gasteiger partial charge on any atom is -0.310 e. The van der Waals surface area contributed by atoms with Crippen LogP contribution in [0.25, 0.3) is 0 Å². The van der Waals surface area contributed by atoms with Gasteiger partial charge in [0.15, 0.2) is 0 Å². The molecular formula is C13H22Br2N2O2. The van der Waals surface area contributed by atoms with Gasteiger partial charge < -0.3 is 4.90 Å². The number of hydrogen-bond donors (Lipinski definition) is 0. The molecule has 19 heavy (non-hydrogen) atoms. The van der Waals surface area contributed by atoms with Crippen LogP contribution in [0.3, 0.4) is 0 Å². The highest BCUT2D eigenvalue weighted by Crippen LogP contribution is 2.28. The zero-order valence-corrected chi connectivity index (χ0v) is 15.0. The molecule has 1 heterocycles. The minimum atomic E-state index is -0.709. The molecule has 4 nitrogen and oxygen atoms in total. The Hall–Kier alpha value is -0.100. The van der Waals surface area contributed by atoms with Gasteiger partial charge >= 0.3 is 6.03 Å². The molecule has 1 rings (SSSR count). The van der Waals surface area contributed by atoms with Crippen molar-refractivity contribution in [3.05, 3.63) is 0 Å². The second-order valence-electron chi connectivity index (χ2n) is 5.42. The summed E-state index contributed by atoms with van der Waals surface area (Å²) in [4.78, 5) is 28.1. The van der Waals surface area contributed by atoms with Crippen molar-refractivity contribution in [3.63, 3.8) is 0 Å². The molecule has 6 heteroatoms. The van der Waals surface area contributed by atoms with Crippen LogP contribution in [0.4, 0.5) is 4.79 Å². The smallest absolute Gasteiger partial charge is 0.310 e. The lowest BCUT2D eigenvalue weighted by Gasteiger charge is -2.27. The topological polar surface area (TPSA) is 40.6 Å². The number of imide groups is 1. The highest BCUT2D eigenvalue weighted by atomic mass is 79.9. The number of carbonyl (C=O) groups is 2. The molecule has 0 aliphatic carbocycles. The third kappa shape index (κ3) is 3.94. The molecule has 0 aromatic rings. The number of carbonyl (C=O) groups excluding carboxylic acids is 2. The highest BCUT2D eigenvalue weighted by Gasteiger charge is 2.50. The molecule has 0 spiro atoms. The molecular weight excluding hydrogens is 376 g/mol. The van der Waals surface area contributed by atoms with Crippen molar-refractivity contribution in [2.45, 2.75) is 50.4 Å². The molecule has 0 aromatic heterocycles. The first-order valence-electron chi connectivity index (χ1n) is 6.66. The zero-order chi connectivity index (χ0) is 14.6. The molecule has 0 saturated carbocycles. The van der Waals surface area contributed by atoms with Crippen molar-refractivity contribution >= 4 is 43.8 Å². The minimum absolute atomic E-state index is 0.0792. The quantitative estimate of drug-likeness (QED) is 0.375. The number of hydrogen-bond acceptors (Lipinski definition) is 2. The Balaban J connectivity index is 2.72. The van der Waals surface area contributed by atoms with E-state index in [1.807, 2.05) is 20.8 Å². The number of rotatable bonds is 7. The molecule has 1 aliphatic heterocycles. The first kappa shape index (κ1) is 17.0. The second kappa shape index (κ2) is 7.07. The summed E-state index contributed by atoms with van der Waals surface area (Å²) in [6.07, 6.45) is 2.70. The molecule has 0 aromatic carbocycles. The fourth-order valence-corrected chi connectivity index (χ4v) is 2.76. The number of unbranched alkanes of at least 4 members (excludes halogenated alkanes) is 1. The van der Waals surface area contributed by atoms with Crippen molar-refractivity contribution in [2.75, 3.05) is 18.4 Å². The van der Waals surface area contributed by atoms with Crippen molar-refractivity contribution in [1.29, 1.82) is 0 Å². The summed E-state index contributed by atoms with van der Waals surface area (Å²) >= 11 is 6.83. The molecule has 1 fully saturated rings. The van der Waals surface area contributed by atoms with Crippen LogP contribution in [0, 0.1) is 0 Å². The molecule has 1 aliphatic rings. The molecule has 0 N–H and O–H groups in total. The Labute approximate surface area is 132 Å². The summed E-state index contributed by atoms with van der Waals surface area (Å²) in [6.45, 7) is 6.81. The number of halogens is 2. The van der Waals surface area contributed by atoms with Gasteiger partial charge in [-0.1, -0.05) is 38.8 Å². The Bertz CT molecular complexity index is 346. The van der Waals surface area contributed by atoms with E-state index in [2.05, 4.69) is 31.9 Å². The van der Waals surface area contributed by atoms with Crippen molar-refractivity contribution in [3.8, 4) is 0 Å². The van der Waals surface area contributed by atoms with Crippen LogP contribution in [0.2, 0.25) is 0 Å². The van der Waals surface area contributed by atoms with Gasteiger partial charge in [0.05, 0.1) is 0 Å². The zero-order valence-electron chi connectivity index (χ0n) is 11.8. The average molecular weight is 398 g/mol. The van der Waals surface area contributed by atoms with Crippen LogP contribution >= 0.6 is 31.9 Å². The van der Waals surface area contributed by atoms with E-state index in [1.165, 1.54) is 4.90 Å². The molecule has 0 bridgehead atoms. The van der Waals surface area contributed by atoms with Gasteiger partial charge in [0, 0.05) is 23.2 Å². The van der Waals surface area contributed by atoms with E-state index >= 15 is 0 Å². The summed E-state index contributed by atoms with van der Waals surface area (Å²) in [5.41, 5.74) is -0.709. The molecule has 110 valence electrons. The normalized spacial score (nSPS) is 20.3. The number of urea groups is 1. The van der Waals surface area contributed by atoms with E-state index in [0.717, 1.165) is 24.6 Å². The van der Waals surface area contributed by atoms with E-state index in [1.54, 1.807) is 4.90 Å². The number of alkyl halides is 2. The van der Waals surface area contributed by atoms with E-state index in [9.17, 15) is 9.59 Å². The fraction of sp³-hybridized carbons (Fsp3) is 0.846. The van der Waals surface area contributed by atoms with Gasteiger partial charge in [0.25, 0.3) is 5.91 Å². The van der Waals surface area contributed by atoms with Crippen molar-refractivity contribution < 1.29 is 9.59 Å². The van der Waals surface area contributed by atoms with E-state index in [0.29, 0.717) is 17.9 Å². The monoisotopic (exact) mass is 396 g/mol. The first-order valence-corrected chi connectivity index (χ1v) is 8.69. The predicted octanol–water partition coefficient (Wildman–Crippen LogP) is 3.38. The maximum atomic E-state index is 12.3. The maximum Gasteiger partial charge on any atom is 0.327 e. The standard InChI is InChI=1S/C13H22Br2N2O2/c1-10(15)6-9-16-11(18)13(2,3)17(12(16)19)8-5-4-7-14/h10H,4-9H2,1-3H3. The van der Waals surface area contributed by atoms with Gasteiger partial charge in [-0.25, -0.2) is 4.79 Å². The van der Waals surface area contributed by atoms with Crippen LogP contribution in [0.5, 0.6) is 0 Å². The van der Waals surface area contributed by atoms with Crippen molar-refractivity contribution in [2.24, 2.45) is 0 Å². The first-order chi connectivity index (χ1) is 8.82. The Morgan fingerprint density at radius 3 is 2.37 bits per heavy atom. The van der Waals surface area contributed by atoms with Crippen molar-refractivity contribution in [1.82, 2.24) is 9.80 Å². The largest absolute Gasteiger partial charge is 0.327 e. The lowest BCUT2D eigenvalue weighted by atomic mass is 10.0. The lowest BCUT2D eigenvalue weighted by molar-refractivity contribution is -0.131. The van der Waals surface area contributed by atoms with E-state index in [4.69, 9.17) is 0 Å². The number of nitrogens with zero attached hydrogens (tertiary/aromatic N) is 2. The SMILES string of the molecule is CC(Br)CCN1C(=O)N(CCCCBr)C(C)(C)C1=O. The summed E-state index contributed by atoms with van der Waals surface area (Å²) in [5, 5.41) is 0.925. The van der Waals surface area contributed by atoms with Gasteiger partial charge in [0.2, 0.25) is 0 Å². The third-order valence-electron chi connectivity index (χ3n) is 3.42. The molecule has 1 unspecified atom stereocenters. The molecule has 0 radical (unpaired) electrons. The second-order valence-corrected chi connectivity index (χ2v) is 7.77. The predicted molar refractivity (Wildman–Crippen MR) is 83.9 cm³/mol.